The molecule has 2 aromatic carbocycles. The molecule has 0 amide bonds. The van der Waals surface area contributed by atoms with Gasteiger partial charge < -0.3 is 14.8 Å². The van der Waals surface area contributed by atoms with Crippen LogP contribution in [0.25, 0.3) is 10.9 Å². The Morgan fingerprint density at radius 1 is 1.12 bits per heavy atom. The van der Waals surface area contributed by atoms with Crippen LogP contribution in [0.5, 0.6) is 5.75 Å². The van der Waals surface area contributed by atoms with Gasteiger partial charge in [-0.2, -0.15) is 13.2 Å². The van der Waals surface area contributed by atoms with Crippen LogP contribution >= 0.6 is 0 Å². The minimum Gasteiger partial charge on any atom is -0.493 e. The molecule has 33 heavy (non-hydrogen) atoms. The molecule has 3 aromatic rings. The van der Waals surface area contributed by atoms with E-state index in [0.29, 0.717) is 6.21 Å². The molecular formula is C23H21F5N2O3. The number of H-pyrrole nitrogens is 1. The number of nitrogens with zero attached hydrogens (tertiary/aromatic N) is 1. The number of alkyl halides is 3. The number of halogens is 5. The number of methoxy groups -OCH3 is 1. The monoisotopic (exact) mass is 468 g/mol. The van der Waals surface area contributed by atoms with Gasteiger partial charge in [0.05, 0.1) is 18.3 Å². The van der Waals surface area contributed by atoms with Crippen LogP contribution in [0.15, 0.2) is 52.3 Å². The molecular weight excluding hydrogens is 447 g/mol. The fraction of sp³-hybridized carbons (Fsp3) is 0.304. The summed E-state index contributed by atoms with van der Waals surface area (Å²) in [4.78, 5) is 17.5. The third kappa shape index (κ3) is 4.90. The van der Waals surface area contributed by atoms with Gasteiger partial charge in [-0.25, -0.2) is 8.78 Å². The summed E-state index contributed by atoms with van der Waals surface area (Å²) in [6.07, 6.45) is -5.48. The van der Waals surface area contributed by atoms with Crippen molar-refractivity contribution in [3.05, 3.63) is 70.0 Å². The van der Waals surface area contributed by atoms with Crippen molar-refractivity contribution in [3.8, 4) is 5.75 Å². The second-order valence-corrected chi connectivity index (χ2v) is 7.53. The molecule has 2 atom stereocenters. The largest absolute Gasteiger partial charge is 0.493 e. The van der Waals surface area contributed by atoms with Crippen molar-refractivity contribution < 1.29 is 31.8 Å². The summed E-state index contributed by atoms with van der Waals surface area (Å²) in [5.74, 6) is -2.63. The van der Waals surface area contributed by atoms with E-state index in [-0.39, 0.29) is 34.3 Å². The molecule has 0 radical (unpaired) electrons. The highest BCUT2D eigenvalue weighted by molar-refractivity contribution is 5.92. The van der Waals surface area contributed by atoms with Gasteiger partial charge in [0.1, 0.15) is 5.82 Å². The molecule has 0 aliphatic heterocycles. The Morgan fingerprint density at radius 3 is 2.48 bits per heavy atom. The van der Waals surface area contributed by atoms with Gasteiger partial charge in [0.15, 0.2) is 17.2 Å². The first kappa shape index (κ1) is 24.4. The number of hydrogen-bond donors (Lipinski definition) is 2. The van der Waals surface area contributed by atoms with E-state index < -0.39 is 41.3 Å². The van der Waals surface area contributed by atoms with Crippen molar-refractivity contribution in [1.29, 1.82) is 0 Å². The van der Waals surface area contributed by atoms with Gasteiger partial charge >= 0.3 is 6.18 Å². The molecule has 2 unspecified atom stereocenters. The molecule has 5 nitrogen and oxygen atoms in total. The molecule has 0 aliphatic carbocycles. The minimum absolute atomic E-state index is 0.0641. The van der Waals surface area contributed by atoms with E-state index in [1.165, 1.54) is 25.3 Å². The maximum Gasteiger partial charge on any atom is 0.422 e. The first-order chi connectivity index (χ1) is 15.5. The van der Waals surface area contributed by atoms with E-state index in [1.807, 2.05) is 0 Å². The van der Waals surface area contributed by atoms with Crippen LogP contribution in [0.1, 0.15) is 31.2 Å². The smallest absolute Gasteiger partial charge is 0.422 e. The summed E-state index contributed by atoms with van der Waals surface area (Å²) >= 11 is 0. The van der Waals surface area contributed by atoms with Gasteiger partial charge in [-0.15, -0.1) is 0 Å². The molecule has 0 fully saturated rings. The lowest BCUT2D eigenvalue weighted by Gasteiger charge is -2.31. The van der Waals surface area contributed by atoms with Crippen molar-refractivity contribution in [3.63, 3.8) is 0 Å². The Morgan fingerprint density at radius 2 is 1.85 bits per heavy atom. The zero-order valence-corrected chi connectivity index (χ0v) is 17.7. The maximum absolute atomic E-state index is 14.1. The summed E-state index contributed by atoms with van der Waals surface area (Å²) in [6.45, 7) is 1.60. The number of ether oxygens (including phenoxy) is 1. The highest BCUT2D eigenvalue weighted by Crippen LogP contribution is 2.42. The topological polar surface area (TPSA) is 74.7 Å². The first-order valence-electron chi connectivity index (χ1n) is 9.99. The van der Waals surface area contributed by atoms with Crippen LogP contribution in [0.4, 0.5) is 27.6 Å². The molecule has 1 heterocycles. The van der Waals surface area contributed by atoms with Crippen molar-refractivity contribution in [2.45, 2.75) is 37.5 Å². The summed E-state index contributed by atoms with van der Waals surface area (Å²) in [5, 5.41) is 10.7. The van der Waals surface area contributed by atoms with Crippen molar-refractivity contribution in [2.75, 3.05) is 7.11 Å². The average molecular weight is 468 g/mol. The second-order valence-electron chi connectivity index (χ2n) is 7.53. The average Bonchev–Trinajstić information content (AvgIpc) is 2.76. The molecule has 176 valence electrons. The second kappa shape index (κ2) is 9.30. The Kier molecular flexibility index (Phi) is 6.87. The third-order valence-electron chi connectivity index (χ3n) is 5.42. The molecule has 2 N–H and O–H groups in total. The molecule has 3 rings (SSSR count). The number of aromatic nitrogens is 1. The van der Waals surface area contributed by atoms with Crippen LogP contribution < -0.4 is 10.3 Å². The van der Waals surface area contributed by atoms with Gasteiger partial charge in [-0.05, 0) is 43.0 Å². The zero-order valence-electron chi connectivity index (χ0n) is 17.7. The summed E-state index contributed by atoms with van der Waals surface area (Å²) < 4.78 is 75.0. The van der Waals surface area contributed by atoms with Gasteiger partial charge in [0, 0.05) is 23.2 Å². The van der Waals surface area contributed by atoms with E-state index >= 15 is 0 Å². The van der Waals surface area contributed by atoms with E-state index in [2.05, 4.69) is 9.98 Å². The summed E-state index contributed by atoms with van der Waals surface area (Å²) in [6, 6.07) is 8.30. The molecule has 0 spiro atoms. The Bertz CT molecular complexity index is 1240. The van der Waals surface area contributed by atoms with E-state index in [9.17, 15) is 31.9 Å². The number of pyridine rings is 1. The van der Waals surface area contributed by atoms with E-state index in [1.54, 1.807) is 6.92 Å². The first-order valence-corrected chi connectivity index (χ1v) is 9.99. The molecule has 0 saturated heterocycles. The van der Waals surface area contributed by atoms with Crippen LogP contribution in [0, 0.1) is 11.6 Å². The maximum atomic E-state index is 14.1. The van der Waals surface area contributed by atoms with Crippen LogP contribution in [-0.2, 0) is 0 Å². The number of hydrogen-bond acceptors (Lipinski definition) is 4. The number of nitrogens with one attached hydrogen (secondary N) is 1. The number of aromatic amines is 1. The van der Waals surface area contributed by atoms with Gasteiger partial charge in [0.25, 0.3) is 0 Å². The van der Waals surface area contributed by atoms with Crippen molar-refractivity contribution in [2.24, 2.45) is 4.99 Å². The number of fused-ring (bicyclic) bond motifs is 1. The van der Waals surface area contributed by atoms with Crippen LogP contribution in [0.3, 0.4) is 0 Å². The lowest BCUT2D eigenvalue weighted by Crippen LogP contribution is -2.47. The molecule has 1 aromatic heterocycles. The molecule has 0 aliphatic rings. The van der Waals surface area contributed by atoms with Gasteiger partial charge in [-0.1, -0.05) is 19.1 Å². The SMILES string of the molecule is CCC(CC(O)(C=Nc1ccc(F)c2[nH]c(=O)ccc12)C(F)(F)F)c1cccc(F)c1OC. The fourth-order valence-electron chi connectivity index (χ4n) is 3.64. The zero-order chi connectivity index (χ0) is 24.4. The Balaban J connectivity index is 2.05. The number of para-hydroxylation sites is 1. The van der Waals surface area contributed by atoms with Crippen molar-refractivity contribution >= 4 is 22.8 Å². The number of aliphatic imine (C=N–C) groups is 1. The predicted octanol–water partition coefficient (Wildman–Crippen LogP) is 5.39. The summed E-state index contributed by atoms with van der Waals surface area (Å²) in [5.41, 5.74) is -4.09. The third-order valence-corrected chi connectivity index (χ3v) is 5.42. The van der Waals surface area contributed by atoms with E-state index in [0.717, 1.165) is 24.3 Å². The standard InChI is InChI=1S/C23H21F5N2O3/c1-3-13(14-5-4-6-17(25)21(14)33-2)11-22(32,23(26,27)28)12-29-18-9-8-16(24)20-15(18)7-10-19(31)30-20/h4-10,12-13,32H,3,11H2,1-2H3,(H,30,31). The highest BCUT2D eigenvalue weighted by Gasteiger charge is 2.53. The van der Waals surface area contributed by atoms with Crippen LogP contribution in [-0.4, -0.2) is 35.2 Å². The lowest BCUT2D eigenvalue weighted by molar-refractivity contribution is -0.232. The number of rotatable bonds is 7. The molecule has 10 heteroatoms. The van der Waals surface area contributed by atoms with Gasteiger partial charge in [-0.3, -0.25) is 9.79 Å². The quantitative estimate of drug-likeness (QED) is 0.361. The normalized spacial score (nSPS) is 15.0. The van der Waals surface area contributed by atoms with Gasteiger partial charge in [0.2, 0.25) is 5.56 Å². The highest BCUT2D eigenvalue weighted by atomic mass is 19.4. The lowest BCUT2D eigenvalue weighted by atomic mass is 9.84. The molecule has 0 saturated carbocycles. The molecule has 0 bridgehead atoms. The van der Waals surface area contributed by atoms with Crippen molar-refractivity contribution in [1.82, 2.24) is 4.98 Å². The fourth-order valence-corrected chi connectivity index (χ4v) is 3.64. The number of benzene rings is 2. The Hall–Kier alpha value is -3.27. The Labute approximate surface area is 185 Å². The predicted molar refractivity (Wildman–Crippen MR) is 114 cm³/mol. The van der Waals surface area contributed by atoms with E-state index in [4.69, 9.17) is 4.74 Å². The van der Waals surface area contributed by atoms with Crippen LogP contribution in [0.2, 0.25) is 0 Å². The minimum atomic E-state index is -5.12. The number of aliphatic hydroxyl groups is 1. The summed E-state index contributed by atoms with van der Waals surface area (Å²) in [7, 11) is 1.20.